The molecule has 3 nitrogen and oxygen atoms in total. The van der Waals surface area contributed by atoms with Crippen molar-refractivity contribution in [2.75, 3.05) is 14.1 Å². The number of nitrogens with zero attached hydrogens (tertiary/aromatic N) is 1. The van der Waals surface area contributed by atoms with Crippen LogP contribution in [-0.4, -0.2) is 33.1 Å². The average Bonchev–Trinajstić information content (AvgIpc) is 3.11. The topological polar surface area (TPSA) is 32.3 Å². The molecule has 0 saturated carbocycles. The second-order valence-electron chi connectivity index (χ2n) is 8.75. The van der Waals surface area contributed by atoms with Crippen LogP contribution in [0.5, 0.6) is 0 Å². The van der Waals surface area contributed by atoms with E-state index in [9.17, 15) is 4.79 Å². The van der Waals surface area contributed by atoms with E-state index in [1.54, 1.807) is 0 Å². The Bertz CT molecular complexity index is 941. The van der Waals surface area contributed by atoms with E-state index in [0.717, 1.165) is 6.42 Å². The highest BCUT2D eigenvalue weighted by Gasteiger charge is 2.38. The van der Waals surface area contributed by atoms with Crippen LogP contribution >= 0.6 is 0 Å². The third-order valence-corrected chi connectivity index (χ3v) is 8.37. The maximum absolute atomic E-state index is 12.6. The number of allylic oxidation sites excluding steroid dienone is 3. The summed E-state index contributed by atoms with van der Waals surface area (Å²) < 4.78 is 0. The summed E-state index contributed by atoms with van der Waals surface area (Å²) in [6, 6.07) is 21.2. The molecule has 1 amide bonds. The molecule has 0 radical (unpaired) electrons. The number of nitrogens with one attached hydrogen (secondary N) is 1. The Morgan fingerprint density at radius 3 is 1.83 bits per heavy atom. The summed E-state index contributed by atoms with van der Waals surface area (Å²) in [6.45, 7) is 8.43. The van der Waals surface area contributed by atoms with Gasteiger partial charge in [-0.1, -0.05) is 74.5 Å². The molecule has 1 aliphatic carbocycles. The normalized spacial score (nSPS) is 14.6. The molecule has 4 heteroatoms. The van der Waals surface area contributed by atoms with Crippen molar-refractivity contribution >= 4 is 25.3 Å². The van der Waals surface area contributed by atoms with Crippen LogP contribution in [0.4, 0.5) is 0 Å². The summed E-state index contributed by atoms with van der Waals surface area (Å²) in [4.78, 5) is 18.3. The first-order chi connectivity index (χ1) is 13.7. The van der Waals surface area contributed by atoms with Crippen molar-refractivity contribution in [2.45, 2.75) is 33.4 Å². The van der Waals surface area contributed by atoms with Crippen LogP contribution < -0.4 is 4.98 Å². The minimum absolute atomic E-state index is 0.0150. The van der Waals surface area contributed by atoms with Crippen molar-refractivity contribution in [3.05, 3.63) is 82.7 Å². The number of carbonyl (C=O) groups excluding carboxylic acids is 1. The summed E-state index contributed by atoms with van der Waals surface area (Å²) in [5.74, 6) is 0.125. The molecular formula is C25H32N2OSi. The molecule has 0 heterocycles. The van der Waals surface area contributed by atoms with Crippen molar-refractivity contribution in [2.24, 2.45) is 5.92 Å². The predicted octanol–water partition coefficient (Wildman–Crippen LogP) is 5.33. The second kappa shape index (κ2) is 8.42. The largest absolute Gasteiger partial charge is 0.380 e. The molecule has 0 saturated heterocycles. The molecule has 0 bridgehead atoms. The molecule has 0 spiro atoms. The van der Waals surface area contributed by atoms with Gasteiger partial charge in [-0.05, 0) is 35.0 Å². The molecule has 152 valence electrons. The summed E-state index contributed by atoms with van der Waals surface area (Å²) in [5, 5.41) is 1.39. The maximum atomic E-state index is 12.6. The molecule has 2 aromatic rings. The van der Waals surface area contributed by atoms with E-state index in [1.807, 2.05) is 13.8 Å². The van der Waals surface area contributed by atoms with Crippen LogP contribution in [0, 0.1) is 5.92 Å². The Morgan fingerprint density at radius 2 is 1.38 bits per heavy atom. The number of amides is 1. The molecule has 3 rings (SSSR count). The Labute approximate surface area is 176 Å². The van der Waals surface area contributed by atoms with E-state index < -0.39 is 8.24 Å². The van der Waals surface area contributed by atoms with Gasteiger partial charge < -0.3 is 9.88 Å². The van der Waals surface area contributed by atoms with Gasteiger partial charge in [0.15, 0.2) is 8.24 Å². The summed E-state index contributed by atoms with van der Waals surface area (Å²) in [5.41, 5.74) is 6.34. The van der Waals surface area contributed by atoms with E-state index in [2.05, 4.69) is 97.7 Å². The van der Waals surface area contributed by atoms with E-state index >= 15 is 0 Å². The van der Waals surface area contributed by atoms with Gasteiger partial charge in [0, 0.05) is 37.7 Å². The zero-order valence-corrected chi connectivity index (χ0v) is 19.4. The smallest absolute Gasteiger partial charge is 0.215 e. The van der Waals surface area contributed by atoms with Gasteiger partial charge in [-0.2, -0.15) is 0 Å². The predicted molar refractivity (Wildman–Crippen MR) is 125 cm³/mol. The van der Waals surface area contributed by atoms with Crippen LogP contribution in [0.3, 0.4) is 0 Å². The van der Waals surface area contributed by atoms with Crippen LogP contribution in [-0.2, 0) is 4.79 Å². The van der Waals surface area contributed by atoms with Crippen LogP contribution in [0.15, 0.2) is 71.6 Å². The van der Waals surface area contributed by atoms with Gasteiger partial charge in [0.05, 0.1) is 0 Å². The van der Waals surface area contributed by atoms with Crippen molar-refractivity contribution in [3.63, 3.8) is 0 Å². The third kappa shape index (κ3) is 4.37. The molecule has 0 aromatic heterocycles. The molecular weight excluding hydrogens is 372 g/mol. The highest BCUT2D eigenvalue weighted by molar-refractivity contribution is 6.85. The quantitative estimate of drug-likeness (QED) is 0.660. The van der Waals surface area contributed by atoms with Crippen LogP contribution in [0.2, 0.25) is 13.1 Å². The standard InChI is InChI=1S/C25H32N2OSi/c1-18(2)25(28)26-29(5,6)22-17-21(27(3)4)23(19-13-9-7-10-14-19)24(22)20-15-11-8-12-16-20/h7-16,18H,17H2,1-6H3,(H,26,28). The van der Waals surface area contributed by atoms with E-state index in [4.69, 9.17) is 0 Å². The molecule has 0 unspecified atom stereocenters. The first kappa shape index (κ1) is 21.1. The molecule has 0 aliphatic heterocycles. The lowest BCUT2D eigenvalue weighted by Gasteiger charge is -2.29. The number of carbonyl (C=O) groups is 1. The highest BCUT2D eigenvalue weighted by Crippen LogP contribution is 2.47. The van der Waals surface area contributed by atoms with Gasteiger partial charge in [-0.3, -0.25) is 4.79 Å². The highest BCUT2D eigenvalue weighted by atomic mass is 28.3. The number of hydrogen-bond acceptors (Lipinski definition) is 2. The molecule has 0 fully saturated rings. The van der Waals surface area contributed by atoms with Crippen LogP contribution in [0.25, 0.3) is 11.1 Å². The van der Waals surface area contributed by atoms with Crippen LogP contribution in [0.1, 0.15) is 31.4 Å². The number of rotatable bonds is 6. The zero-order chi connectivity index (χ0) is 21.2. The lowest BCUT2D eigenvalue weighted by Crippen LogP contribution is -2.51. The SMILES string of the molecule is CC(C)C(=O)N[Si](C)(C)C1=C(c2ccccc2)C(c2ccccc2)=C(N(C)C)C1. The first-order valence-corrected chi connectivity index (χ1v) is 13.3. The zero-order valence-electron chi connectivity index (χ0n) is 18.4. The second-order valence-corrected chi connectivity index (χ2v) is 12.9. The first-order valence-electron chi connectivity index (χ1n) is 10.3. The fourth-order valence-electron chi connectivity index (χ4n) is 3.92. The fourth-order valence-corrected chi connectivity index (χ4v) is 6.48. The Kier molecular flexibility index (Phi) is 6.13. The maximum Gasteiger partial charge on any atom is 0.215 e. The minimum Gasteiger partial charge on any atom is -0.380 e. The molecule has 29 heavy (non-hydrogen) atoms. The van der Waals surface area contributed by atoms with Crippen molar-refractivity contribution in [1.82, 2.24) is 9.88 Å². The Hall–Kier alpha value is -2.59. The number of hydrogen-bond donors (Lipinski definition) is 1. The molecule has 0 atom stereocenters. The molecule has 1 N–H and O–H groups in total. The van der Waals surface area contributed by atoms with E-state index in [-0.39, 0.29) is 11.8 Å². The van der Waals surface area contributed by atoms with Crippen molar-refractivity contribution in [3.8, 4) is 0 Å². The van der Waals surface area contributed by atoms with Gasteiger partial charge >= 0.3 is 0 Å². The van der Waals surface area contributed by atoms with Gasteiger partial charge in [-0.25, -0.2) is 0 Å². The van der Waals surface area contributed by atoms with Crippen molar-refractivity contribution < 1.29 is 4.79 Å². The molecule has 2 aromatic carbocycles. The summed E-state index contributed by atoms with van der Waals surface area (Å²) in [7, 11) is 2.04. The average molecular weight is 405 g/mol. The van der Waals surface area contributed by atoms with E-state index in [0.29, 0.717) is 0 Å². The Morgan fingerprint density at radius 1 is 0.897 bits per heavy atom. The fraction of sp³-hybridized carbons (Fsp3) is 0.320. The Balaban J connectivity index is 2.23. The lowest BCUT2D eigenvalue weighted by atomic mass is 9.94. The minimum atomic E-state index is -2.19. The summed E-state index contributed by atoms with van der Waals surface area (Å²) >= 11 is 0. The van der Waals surface area contributed by atoms with Gasteiger partial charge in [-0.15, -0.1) is 0 Å². The van der Waals surface area contributed by atoms with Gasteiger partial charge in [0.25, 0.3) is 0 Å². The van der Waals surface area contributed by atoms with E-state index in [1.165, 1.54) is 33.2 Å². The van der Waals surface area contributed by atoms with Gasteiger partial charge in [0.1, 0.15) is 0 Å². The number of benzene rings is 2. The van der Waals surface area contributed by atoms with Crippen molar-refractivity contribution in [1.29, 1.82) is 0 Å². The third-order valence-electron chi connectivity index (χ3n) is 5.56. The summed E-state index contributed by atoms with van der Waals surface area (Å²) in [6.07, 6.45) is 0.874. The van der Waals surface area contributed by atoms with Gasteiger partial charge in [0.2, 0.25) is 5.91 Å². The lowest BCUT2D eigenvalue weighted by molar-refractivity contribution is -0.122. The molecule has 1 aliphatic rings. The monoisotopic (exact) mass is 404 g/mol.